The highest BCUT2D eigenvalue weighted by molar-refractivity contribution is 6.30. The third-order valence-corrected chi connectivity index (χ3v) is 2.61. The summed E-state index contributed by atoms with van der Waals surface area (Å²) < 4.78 is 2.20. The molecule has 0 N–H and O–H groups in total. The minimum absolute atomic E-state index is 0.774. The Morgan fingerprint density at radius 1 is 0.857 bits per heavy atom. The number of halogens is 1. The van der Waals surface area contributed by atoms with Gasteiger partial charge in [-0.05, 0) is 50.2 Å². The van der Waals surface area contributed by atoms with Gasteiger partial charge >= 0.3 is 0 Å². The van der Waals surface area contributed by atoms with Crippen molar-refractivity contribution in [2.24, 2.45) is 0 Å². The second kappa shape index (κ2) is 3.50. The quantitative estimate of drug-likeness (QED) is 0.668. The fourth-order valence-corrected chi connectivity index (χ4v) is 1.79. The van der Waals surface area contributed by atoms with Gasteiger partial charge in [-0.15, -0.1) is 0 Å². The van der Waals surface area contributed by atoms with Crippen molar-refractivity contribution in [2.45, 2.75) is 13.8 Å². The summed E-state index contributed by atoms with van der Waals surface area (Å²) in [6.07, 6.45) is 0. The first-order chi connectivity index (χ1) is 6.68. The van der Waals surface area contributed by atoms with Crippen LogP contribution in [0.15, 0.2) is 36.4 Å². The lowest BCUT2D eigenvalue weighted by Crippen LogP contribution is -1.97. The Hall–Kier alpha value is -1.21. The van der Waals surface area contributed by atoms with E-state index in [0.29, 0.717) is 0 Å². The Morgan fingerprint density at radius 2 is 1.36 bits per heavy atom. The van der Waals surface area contributed by atoms with Gasteiger partial charge in [0.25, 0.3) is 0 Å². The minimum Gasteiger partial charge on any atom is -0.319 e. The van der Waals surface area contributed by atoms with Gasteiger partial charge in [0.05, 0.1) is 0 Å². The van der Waals surface area contributed by atoms with E-state index < -0.39 is 0 Å². The van der Waals surface area contributed by atoms with Gasteiger partial charge in [-0.1, -0.05) is 11.6 Å². The van der Waals surface area contributed by atoms with Crippen LogP contribution in [0.3, 0.4) is 0 Å². The Bertz CT molecular complexity index is 420. The van der Waals surface area contributed by atoms with Crippen LogP contribution in [0.4, 0.5) is 0 Å². The van der Waals surface area contributed by atoms with Gasteiger partial charge in [0.1, 0.15) is 0 Å². The first-order valence-corrected chi connectivity index (χ1v) is 4.97. The summed E-state index contributed by atoms with van der Waals surface area (Å²) in [5, 5.41) is 0.774. The highest BCUT2D eigenvalue weighted by Crippen LogP contribution is 2.18. The molecule has 0 unspecified atom stereocenters. The molecule has 0 aliphatic rings. The fourth-order valence-electron chi connectivity index (χ4n) is 1.67. The highest BCUT2D eigenvalue weighted by Gasteiger charge is 2.02. The number of aryl methyl sites for hydroxylation is 2. The van der Waals surface area contributed by atoms with Gasteiger partial charge in [-0.25, -0.2) is 0 Å². The molecule has 0 bridgehead atoms. The molecule has 0 aliphatic carbocycles. The second-order valence-corrected chi connectivity index (χ2v) is 3.86. The van der Waals surface area contributed by atoms with Crippen molar-refractivity contribution >= 4 is 11.6 Å². The lowest BCUT2D eigenvalue weighted by atomic mass is 10.3. The summed E-state index contributed by atoms with van der Waals surface area (Å²) in [6, 6.07) is 12.1. The fraction of sp³-hybridized carbons (Fsp3) is 0.167. The van der Waals surface area contributed by atoms with Crippen molar-refractivity contribution in [1.82, 2.24) is 4.57 Å². The smallest absolute Gasteiger partial charge is 0.0455 e. The van der Waals surface area contributed by atoms with Crippen LogP contribution >= 0.6 is 11.6 Å². The number of nitrogens with zero attached hydrogens (tertiary/aromatic N) is 1. The van der Waals surface area contributed by atoms with E-state index in [4.69, 9.17) is 11.6 Å². The van der Waals surface area contributed by atoms with Crippen LogP contribution < -0.4 is 0 Å². The summed E-state index contributed by atoms with van der Waals surface area (Å²) >= 11 is 5.84. The molecule has 1 aromatic carbocycles. The number of rotatable bonds is 1. The van der Waals surface area contributed by atoms with Crippen molar-refractivity contribution in [2.75, 3.05) is 0 Å². The largest absolute Gasteiger partial charge is 0.319 e. The zero-order valence-electron chi connectivity index (χ0n) is 8.29. The monoisotopic (exact) mass is 205 g/mol. The Kier molecular flexibility index (Phi) is 2.34. The number of hydrogen-bond donors (Lipinski definition) is 0. The summed E-state index contributed by atoms with van der Waals surface area (Å²) in [5.41, 5.74) is 3.64. The molecule has 2 aromatic rings. The Labute approximate surface area is 88.9 Å². The first kappa shape index (κ1) is 9.35. The van der Waals surface area contributed by atoms with Crippen LogP contribution in [0, 0.1) is 13.8 Å². The first-order valence-electron chi connectivity index (χ1n) is 4.59. The third-order valence-electron chi connectivity index (χ3n) is 2.36. The molecule has 0 fully saturated rings. The molecule has 1 heterocycles. The molecule has 0 spiro atoms. The Morgan fingerprint density at radius 3 is 1.86 bits per heavy atom. The molecule has 14 heavy (non-hydrogen) atoms. The van der Waals surface area contributed by atoms with Gasteiger partial charge in [0.2, 0.25) is 0 Å². The number of hydrogen-bond acceptors (Lipinski definition) is 0. The van der Waals surface area contributed by atoms with Crippen molar-refractivity contribution in [3.63, 3.8) is 0 Å². The molecule has 2 heteroatoms. The SMILES string of the molecule is Cc1ccc(C)n1-c1ccc(Cl)cc1. The van der Waals surface area contributed by atoms with Crippen LogP contribution in [0.2, 0.25) is 5.02 Å². The summed E-state index contributed by atoms with van der Waals surface area (Å²) in [4.78, 5) is 0. The van der Waals surface area contributed by atoms with Crippen molar-refractivity contribution < 1.29 is 0 Å². The highest BCUT2D eigenvalue weighted by atomic mass is 35.5. The number of benzene rings is 1. The summed E-state index contributed by atoms with van der Waals surface area (Å²) in [7, 11) is 0. The zero-order chi connectivity index (χ0) is 10.1. The standard InChI is InChI=1S/C12H12ClN/c1-9-3-4-10(2)14(9)12-7-5-11(13)6-8-12/h3-8H,1-2H3. The topological polar surface area (TPSA) is 4.93 Å². The Balaban J connectivity index is 2.54. The van der Waals surface area contributed by atoms with Gasteiger partial charge < -0.3 is 4.57 Å². The van der Waals surface area contributed by atoms with E-state index in [-0.39, 0.29) is 0 Å². The molecule has 0 atom stereocenters. The number of aromatic nitrogens is 1. The van der Waals surface area contributed by atoms with Gasteiger partial charge in [0.15, 0.2) is 0 Å². The van der Waals surface area contributed by atoms with Crippen LogP contribution in [0.5, 0.6) is 0 Å². The van der Waals surface area contributed by atoms with Crippen molar-refractivity contribution in [1.29, 1.82) is 0 Å². The summed E-state index contributed by atoms with van der Waals surface area (Å²) in [5.74, 6) is 0. The molecule has 0 amide bonds. The average Bonchev–Trinajstić information content (AvgIpc) is 2.49. The third kappa shape index (κ3) is 1.55. The van der Waals surface area contributed by atoms with E-state index in [2.05, 4.69) is 30.5 Å². The molecule has 0 aliphatic heterocycles. The molecule has 2 rings (SSSR count). The van der Waals surface area contributed by atoms with E-state index in [1.54, 1.807) is 0 Å². The molecule has 72 valence electrons. The average molecular weight is 206 g/mol. The van der Waals surface area contributed by atoms with E-state index in [0.717, 1.165) is 10.7 Å². The maximum absolute atomic E-state index is 5.84. The lowest BCUT2D eigenvalue weighted by Gasteiger charge is -2.08. The van der Waals surface area contributed by atoms with Crippen LogP contribution in [0.1, 0.15) is 11.4 Å². The van der Waals surface area contributed by atoms with E-state index >= 15 is 0 Å². The molecule has 0 radical (unpaired) electrons. The van der Waals surface area contributed by atoms with Gasteiger partial charge in [-0.3, -0.25) is 0 Å². The van der Waals surface area contributed by atoms with Crippen molar-refractivity contribution in [3.05, 3.63) is 52.8 Å². The molecule has 0 saturated carbocycles. The predicted octanol–water partition coefficient (Wildman–Crippen LogP) is 3.75. The predicted molar refractivity (Wildman–Crippen MR) is 60.3 cm³/mol. The minimum atomic E-state index is 0.774. The van der Waals surface area contributed by atoms with Crippen LogP contribution in [0.25, 0.3) is 5.69 Å². The normalized spacial score (nSPS) is 10.5. The molecule has 1 nitrogen and oxygen atoms in total. The maximum atomic E-state index is 5.84. The maximum Gasteiger partial charge on any atom is 0.0455 e. The lowest BCUT2D eigenvalue weighted by molar-refractivity contribution is 0.966. The second-order valence-electron chi connectivity index (χ2n) is 3.43. The summed E-state index contributed by atoms with van der Waals surface area (Å²) in [6.45, 7) is 4.20. The molecule has 0 saturated heterocycles. The van der Waals surface area contributed by atoms with Crippen LogP contribution in [-0.4, -0.2) is 4.57 Å². The zero-order valence-corrected chi connectivity index (χ0v) is 9.05. The van der Waals surface area contributed by atoms with Gasteiger partial charge in [0, 0.05) is 22.1 Å². The molecule has 1 aromatic heterocycles. The van der Waals surface area contributed by atoms with Gasteiger partial charge in [-0.2, -0.15) is 0 Å². The van der Waals surface area contributed by atoms with Crippen LogP contribution in [-0.2, 0) is 0 Å². The van der Waals surface area contributed by atoms with E-state index in [1.165, 1.54) is 11.4 Å². The van der Waals surface area contributed by atoms with Crippen molar-refractivity contribution in [3.8, 4) is 5.69 Å². The molecular weight excluding hydrogens is 194 g/mol. The van der Waals surface area contributed by atoms with E-state index in [1.807, 2.05) is 24.3 Å². The molecular formula is C12H12ClN. The van der Waals surface area contributed by atoms with E-state index in [9.17, 15) is 0 Å².